The van der Waals surface area contributed by atoms with E-state index in [4.69, 9.17) is 17.3 Å². The predicted molar refractivity (Wildman–Crippen MR) is 90.3 cm³/mol. The summed E-state index contributed by atoms with van der Waals surface area (Å²) in [5.74, 6) is -0.667. The first-order valence-corrected chi connectivity index (χ1v) is 7.97. The van der Waals surface area contributed by atoms with Crippen molar-refractivity contribution in [2.75, 3.05) is 26.4 Å². The monoisotopic (exact) mass is 353 g/mol. The smallest absolute Gasteiger partial charge is 0.325 e. The van der Waals surface area contributed by atoms with Gasteiger partial charge in [-0.1, -0.05) is 17.7 Å². The Hall–Kier alpha value is -2.12. The molecule has 0 bridgehead atoms. The molecule has 122 valence electrons. The van der Waals surface area contributed by atoms with Crippen LogP contribution in [-0.2, 0) is 20.7 Å². The molecule has 0 radical (unpaired) electrons. The second-order valence-corrected chi connectivity index (χ2v) is 6.15. The Bertz CT molecular complexity index is 733. The average molecular weight is 354 g/mol. The van der Waals surface area contributed by atoms with Crippen LogP contribution in [0, 0.1) is 0 Å². The van der Waals surface area contributed by atoms with E-state index >= 15 is 0 Å². The summed E-state index contributed by atoms with van der Waals surface area (Å²) in [6.07, 6.45) is 0.118. The lowest BCUT2D eigenvalue weighted by atomic mass is 10.2. The molecule has 2 N–H and O–H groups in total. The number of likely N-dealkylation sites (N-methyl/N-ethyl adjacent to an activating group) is 1. The van der Waals surface area contributed by atoms with Gasteiger partial charge in [0.25, 0.3) is 0 Å². The molecule has 2 aromatic rings. The Labute approximate surface area is 142 Å². The molecule has 23 heavy (non-hydrogen) atoms. The number of anilines is 1. The highest BCUT2D eigenvalue weighted by Gasteiger charge is 2.15. The number of halogens is 1. The molecule has 8 heteroatoms. The lowest BCUT2D eigenvalue weighted by Gasteiger charge is -2.14. The molecule has 0 unspecified atom stereocenters. The molecule has 0 fully saturated rings. The van der Waals surface area contributed by atoms with Crippen molar-refractivity contribution < 1.29 is 14.3 Å². The zero-order chi connectivity index (χ0) is 17.0. The van der Waals surface area contributed by atoms with Crippen molar-refractivity contribution in [3.05, 3.63) is 34.3 Å². The Kier molecular flexibility index (Phi) is 5.57. The summed E-state index contributed by atoms with van der Waals surface area (Å²) in [5.41, 5.74) is 7.75. The number of hydrogen-bond donors (Lipinski definition) is 1. The molecule has 0 spiro atoms. The number of hydrogen-bond acceptors (Lipinski definition) is 6. The van der Waals surface area contributed by atoms with Crippen LogP contribution >= 0.6 is 22.9 Å². The van der Waals surface area contributed by atoms with Crippen LogP contribution in [0.25, 0.3) is 10.6 Å². The molecule has 0 aliphatic heterocycles. The van der Waals surface area contributed by atoms with Gasteiger partial charge in [0.05, 0.1) is 29.9 Å². The lowest BCUT2D eigenvalue weighted by molar-refractivity contribution is -0.145. The quantitative estimate of drug-likeness (QED) is 0.658. The molecule has 0 saturated heterocycles. The fourth-order valence-electron chi connectivity index (χ4n) is 1.83. The van der Waals surface area contributed by atoms with Crippen molar-refractivity contribution in [1.29, 1.82) is 0 Å². The van der Waals surface area contributed by atoms with E-state index in [9.17, 15) is 9.59 Å². The summed E-state index contributed by atoms with van der Waals surface area (Å²) in [4.78, 5) is 29.0. The van der Waals surface area contributed by atoms with Crippen LogP contribution in [0.1, 0.15) is 5.69 Å². The molecule has 0 atom stereocenters. The second kappa shape index (κ2) is 7.43. The summed E-state index contributed by atoms with van der Waals surface area (Å²) in [7, 11) is 2.83. The summed E-state index contributed by atoms with van der Waals surface area (Å²) < 4.78 is 4.54. The Morgan fingerprint density at radius 2 is 2.17 bits per heavy atom. The van der Waals surface area contributed by atoms with E-state index in [2.05, 4.69) is 9.72 Å². The average Bonchev–Trinajstić information content (AvgIpc) is 2.98. The van der Waals surface area contributed by atoms with Gasteiger partial charge >= 0.3 is 5.97 Å². The third-order valence-corrected chi connectivity index (χ3v) is 4.43. The van der Waals surface area contributed by atoms with Crippen LogP contribution in [0.5, 0.6) is 0 Å². The number of thiazole rings is 1. The first-order valence-electron chi connectivity index (χ1n) is 6.71. The van der Waals surface area contributed by atoms with Crippen molar-refractivity contribution in [2.24, 2.45) is 0 Å². The number of nitrogens with zero attached hydrogens (tertiary/aromatic N) is 2. The molecule has 0 aliphatic rings. The van der Waals surface area contributed by atoms with Crippen LogP contribution in [-0.4, -0.2) is 42.5 Å². The number of carbonyl (C=O) groups is 2. The Balaban J connectivity index is 2.06. The van der Waals surface area contributed by atoms with E-state index in [1.165, 1.54) is 23.3 Å². The fourth-order valence-corrected chi connectivity index (χ4v) is 2.77. The van der Waals surface area contributed by atoms with Gasteiger partial charge in [-0.05, 0) is 12.1 Å². The molecule has 1 aromatic heterocycles. The van der Waals surface area contributed by atoms with Crippen LogP contribution < -0.4 is 5.73 Å². The molecule has 1 aromatic carbocycles. The van der Waals surface area contributed by atoms with Crippen LogP contribution in [0.3, 0.4) is 0 Å². The van der Waals surface area contributed by atoms with Gasteiger partial charge in [0.15, 0.2) is 0 Å². The van der Waals surface area contributed by atoms with Gasteiger partial charge in [0, 0.05) is 18.0 Å². The van der Waals surface area contributed by atoms with Gasteiger partial charge in [0.1, 0.15) is 11.6 Å². The second-order valence-electron chi connectivity index (χ2n) is 4.88. The largest absolute Gasteiger partial charge is 0.468 e. The molecule has 2 rings (SSSR count). The molecule has 0 aliphatic carbocycles. The van der Waals surface area contributed by atoms with Gasteiger partial charge < -0.3 is 15.4 Å². The summed E-state index contributed by atoms with van der Waals surface area (Å²) in [5, 5.41) is 3.06. The third-order valence-electron chi connectivity index (χ3n) is 3.15. The van der Waals surface area contributed by atoms with Crippen LogP contribution in [0.15, 0.2) is 23.6 Å². The van der Waals surface area contributed by atoms with Gasteiger partial charge in [0.2, 0.25) is 5.91 Å². The van der Waals surface area contributed by atoms with E-state index in [0.29, 0.717) is 16.4 Å². The minimum Gasteiger partial charge on any atom is -0.468 e. The van der Waals surface area contributed by atoms with Gasteiger partial charge in [-0.2, -0.15) is 0 Å². The summed E-state index contributed by atoms with van der Waals surface area (Å²) in [6.45, 7) is -0.0833. The molecular weight excluding hydrogens is 338 g/mol. The van der Waals surface area contributed by atoms with E-state index < -0.39 is 5.97 Å². The zero-order valence-corrected chi connectivity index (χ0v) is 14.3. The molecule has 1 heterocycles. The topological polar surface area (TPSA) is 85.5 Å². The minimum absolute atomic E-state index is 0.0833. The highest BCUT2D eigenvalue weighted by atomic mass is 35.5. The number of aromatic nitrogens is 1. The summed E-state index contributed by atoms with van der Waals surface area (Å²) in [6, 6.07) is 5.28. The van der Waals surface area contributed by atoms with Crippen molar-refractivity contribution >= 4 is 40.5 Å². The van der Waals surface area contributed by atoms with E-state index in [1.807, 2.05) is 11.4 Å². The lowest BCUT2D eigenvalue weighted by Crippen LogP contribution is -2.33. The van der Waals surface area contributed by atoms with E-state index in [1.54, 1.807) is 19.2 Å². The molecular formula is C15H16ClN3O3S. The normalized spacial score (nSPS) is 10.4. The SMILES string of the molecule is COC(=O)CN(C)C(=O)Cc1csc(-c2ccc(Cl)c(N)c2)n1. The highest BCUT2D eigenvalue weighted by molar-refractivity contribution is 7.13. The van der Waals surface area contributed by atoms with Gasteiger partial charge in [-0.25, -0.2) is 4.98 Å². The number of rotatable bonds is 5. The Morgan fingerprint density at radius 1 is 1.43 bits per heavy atom. The number of ether oxygens (including phenoxy) is 1. The van der Waals surface area contributed by atoms with Gasteiger partial charge in [-0.15, -0.1) is 11.3 Å². The van der Waals surface area contributed by atoms with Crippen molar-refractivity contribution in [3.8, 4) is 10.6 Å². The predicted octanol–water partition coefficient (Wildman–Crippen LogP) is 2.22. The zero-order valence-electron chi connectivity index (χ0n) is 12.7. The number of amides is 1. The standard InChI is InChI=1S/C15H16ClN3O3S/c1-19(7-14(21)22-2)13(20)6-10-8-23-15(18-10)9-3-4-11(16)12(17)5-9/h3-5,8H,6-7,17H2,1-2H3. The van der Waals surface area contributed by atoms with E-state index in [-0.39, 0.29) is 18.9 Å². The Morgan fingerprint density at radius 3 is 2.83 bits per heavy atom. The summed E-state index contributed by atoms with van der Waals surface area (Å²) >= 11 is 7.32. The highest BCUT2D eigenvalue weighted by Crippen LogP contribution is 2.29. The number of carbonyl (C=O) groups excluding carboxylic acids is 2. The molecule has 0 saturated carbocycles. The third kappa shape index (κ3) is 4.43. The number of nitrogen functional groups attached to an aromatic ring is 1. The van der Waals surface area contributed by atoms with Gasteiger partial charge in [-0.3, -0.25) is 9.59 Å². The first kappa shape index (κ1) is 17.2. The van der Waals surface area contributed by atoms with Crippen molar-refractivity contribution in [2.45, 2.75) is 6.42 Å². The maximum atomic E-state index is 12.1. The maximum Gasteiger partial charge on any atom is 0.325 e. The van der Waals surface area contributed by atoms with Crippen molar-refractivity contribution in [3.63, 3.8) is 0 Å². The van der Waals surface area contributed by atoms with Crippen LogP contribution in [0.4, 0.5) is 5.69 Å². The van der Waals surface area contributed by atoms with Crippen molar-refractivity contribution in [1.82, 2.24) is 9.88 Å². The molecule has 6 nitrogen and oxygen atoms in total. The number of benzene rings is 1. The first-order chi connectivity index (χ1) is 10.9. The maximum absolute atomic E-state index is 12.1. The molecule has 1 amide bonds. The number of nitrogens with two attached hydrogens (primary N) is 1. The number of esters is 1. The van der Waals surface area contributed by atoms with Crippen LogP contribution in [0.2, 0.25) is 5.02 Å². The minimum atomic E-state index is -0.462. The van der Waals surface area contributed by atoms with E-state index in [0.717, 1.165) is 10.6 Å². The number of methoxy groups -OCH3 is 1. The fraction of sp³-hybridized carbons (Fsp3) is 0.267.